The summed E-state index contributed by atoms with van der Waals surface area (Å²) >= 11 is 0. The molecule has 2 unspecified atom stereocenters. The summed E-state index contributed by atoms with van der Waals surface area (Å²) in [6.45, 7) is 2.21. The molecule has 2 atom stereocenters. The van der Waals surface area contributed by atoms with E-state index in [1.165, 1.54) is 30.3 Å². The zero-order valence-corrected chi connectivity index (χ0v) is 20.8. The quantitative estimate of drug-likeness (QED) is 0.309. The molecule has 2 heterocycles. The number of hydrogen-bond acceptors (Lipinski definition) is 5. The Labute approximate surface area is 197 Å². The third-order valence-corrected chi connectivity index (χ3v) is 6.68. The molecule has 0 aromatic carbocycles. The lowest BCUT2D eigenvalue weighted by molar-refractivity contribution is 0.00712. The molecule has 0 aliphatic heterocycles. The summed E-state index contributed by atoms with van der Waals surface area (Å²) in [7, 11) is 3.43. The Kier molecular flexibility index (Phi) is 11.9. The number of imidazole rings is 1. The van der Waals surface area contributed by atoms with E-state index in [1.807, 2.05) is 7.05 Å². The smallest absolute Gasteiger partial charge is 0.329 e. The van der Waals surface area contributed by atoms with Crippen molar-refractivity contribution in [2.24, 2.45) is 14.1 Å². The fourth-order valence-corrected chi connectivity index (χ4v) is 4.44. The zero-order valence-electron chi connectivity index (χ0n) is 20.8. The van der Waals surface area contributed by atoms with Crippen molar-refractivity contribution in [2.75, 3.05) is 0 Å². The minimum absolute atomic E-state index is 0.395. The summed E-state index contributed by atoms with van der Waals surface area (Å²) in [4.78, 5) is 30.7. The predicted molar refractivity (Wildman–Crippen MR) is 133 cm³/mol. The van der Waals surface area contributed by atoms with Gasteiger partial charge in [0.15, 0.2) is 11.2 Å². The van der Waals surface area contributed by atoms with E-state index in [-0.39, 0.29) is 0 Å². The first-order valence-corrected chi connectivity index (χ1v) is 12.9. The van der Waals surface area contributed by atoms with E-state index in [1.54, 1.807) is 11.6 Å². The number of nitrogens with one attached hydrogen (secondary N) is 1. The topological polar surface area (TPSA) is 113 Å². The highest BCUT2D eigenvalue weighted by Crippen LogP contribution is 2.16. The van der Waals surface area contributed by atoms with Crippen molar-refractivity contribution in [2.45, 2.75) is 115 Å². The van der Waals surface area contributed by atoms with Crippen LogP contribution in [0.5, 0.6) is 0 Å². The summed E-state index contributed by atoms with van der Waals surface area (Å²) < 4.78 is 3.16. The van der Waals surface area contributed by atoms with Crippen LogP contribution in [0.4, 0.5) is 0 Å². The highest BCUT2D eigenvalue weighted by atomic mass is 16.3. The first-order chi connectivity index (χ1) is 15.9. The van der Waals surface area contributed by atoms with E-state index < -0.39 is 23.5 Å². The van der Waals surface area contributed by atoms with Gasteiger partial charge in [0.2, 0.25) is 0 Å². The van der Waals surface area contributed by atoms with Crippen molar-refractivity contribution < 1.29 is 10.2 Å². The first-order valence-electron chi connectivity index (χ1n) is 12.9. The Morgan fingerprint density at radius 1 is 0.788 bits per heavy atom. The van der Waals surface area contributed by atoms with Crippen LogP contribution in [0.15, 0.2) is 9.59 Å². The van der Waals surface area contributed by atoms with Crippen LogP contribution in [-0.2, 0) is 20.5 Å². The van der Waals surface area contributed by atoms with E-state index in [0.29, 0.717) is 24.0 Å². The highest BCUT2D eigenvalue weighted by molar-refractivity contribution is 5.70. The highest BCUT2D eigenvalue weighted by Gasteiger charge is 2.16. The fourth-order valence-electron chi connectivity index (χ4n) is 4.44. The lowest BCUT2D eigenvalue weighted by Crippen LogP contribution is -2.29. The molecule has 8 heteroatoms. The summed E-state index contributed by atoms with van der Waals surface area (Å²) in [6, 6.07) is 0. The Morgan fingerprint density at radius 3 is 1.88 bits per heavy atom. The molecule has 0 radical (unpaired) electrons. The Morgan fingerprint density at radius 2 is 1.30 bits per heavy atom. The molecule has 0 spiro atoms. The van der Waals surface area contributed by atoms with Crippen LogP contribution >= 0.6 is 0 Å². The van der Waals surface area contributed by atoms with Crippen LogP contribution < -0.4 is 11.2 Å². The van der Waals surface area contributed by atoms with Crippen molar-refractivity contribution in [1.29, 1.82) is 0 Å². The molecule has 2 rings (SSSR count). The number of H-pyrrole nitrogens is 1. The lowest BCUT2D eigenvalue weighted by Gasteiger charge is -2.17. The summed E-state index contributed by atoms with van der Waals surface area (Å²) in [6.07, 6.45) is 14.4. The van der Waals surface area contributed by atoms with Gasteiger partial charge < -0.3 is 14.8 Å². The molecule has 2 aromatic heterocycles. The number of rotatable bonds is 17. The fraction of sp³-hybridized carbons (Fsp3) is 0.800. The minimum atomic E-state index is -0.600. The SMILES string of the molecule is CCCCCCCCC(O)C(O)CCCCCCCCc1nc2c(c(=O)[nH]c(=O)n2C)n1C. The third-order valence-electron chi connectivity index (χ3n) is 6.68. The molecule has 0 bridgehead atoms. The second-order valence-corrected chi connectivity index (χ2v) is 9.43. The van der Waals surface area contributed by atoms with Gasteiger partial charge in [-0.2, -0.15) is 0 Å². The Balaban J connectivity index is 1.57. The number of nitrogens with zero attached hydrogens (tertiary/aromatic N) is 3. The molecule has 3 N–H and O–H groups in total. The number of aliphatic hydroxyl groups excluding tert-OH is 2. The minimum Gasteiger partial charge on any atom is -0.390 e. The second kappa shape index (κ2) is 14.4. The van der Waals surface area contributed by atoms with Crippen molar-refractivity contribution in [3.05, 3.63) is 26.7 Å². The Bertz CT molecular complexity index is 946. The number of aromatic amines is 1. The van der Waals surface area contributed by atoms with Gasteiger partial charge in [0.1, 0.15) is 5.82 Å². The standard InChI is InChI=1S/C25H44N4O4/c1-4-5-6-7-10-13-16-19(30)20(31)17-14-11-8-9-12-15-18-21-26-23-22(28(21)2)24(32)27-25(33)29(23)3/h19-20,30-31H,4-18H2,1-3H3,(H,27,32,33). The number of aromatic nitrogens is 4. The van der Waals surface area contributed by atoms with Gasteiger partial charge in [-0.25, -0.2) is 9.78 Å². The number of unbranched alkanes of at least 4 members (excludes halogenated alkanes) is 10. The maximum atomic E-state index is 12.1. The molecule has 0 saturated carbocycles. The molecular formula is C25H44N4O4. The van der Waals surface area contributed by atoms with E-state index in [2.05, 4.69) is 16.9 Å². The normalized spacial score (nSPS) is 13.6. The Hall–Kier alpha value is -1.93. The second-order valence-electron chi connectivity index (χ2n) is 9.43. The molecule has 2 aromatic rings. The summed E-state index contributed by atoms with van der Waals surface area (Å²) in [5.41, 5.74) is 0.0219. The van der Waals surface area contributed by atoms with Gasteiger partial charge in [0.25, 0.3) is 5.56 Å². The average molecular weight is 465 g/mol. The summed E-state index contributed by atoms with van der Waals surface area (Å²) in [5.74, 6) is 0.819. The van der Waals surface area contributed by atoms with Crippen LogP contribution in [0.1, 0.15) is 103 Å². The van der Waals surface area contributed by atoms with E-state index in [9.17, 15) is 19.8 Å². The molecule has 0 amide bonds. The van der Waals surface area contributed by atoms with Gasteiger partial charge in [-0.3, -0.25) is 14.3 Å². The molecule has 33 heavy (non-hydrogen) atoms. The molecule has 188 valence electrons. The first kappa shape index (κ1) is 27.3. The van der Waals surface area contributed by atoms with Gasteiger partial charge in [-0.1, -0.05) is 77.6 Å². The monoisotopic (exact) mass is 464 g/mol. The van der Waals surface area contributed by atoms with E-state index in [0.717, 1.165) is 63.6 Å². The molecular weight excluding hydrogens is 420 g/mol. The molecule has 0 aliphatic rings. The van der Waals surface area contributed by atoms with Crippen LogP contribution in [0.2, 0.25) is 0 Å². The number of fused-ring (bicyclic) bond motifs is 1. The maximum absolute atomic E-state index is 12.1. The van der Waals surface area contributed by atoms with E-state index in [4.69, 9.17) is 0 Å². The van der Waals surface area contributed by atoms with Crippen molar-refractivity contribution >= 4 is 11.2 Å². The molecule has 0 fully saturated rings. The number of hydrogen-bond donors (Lipinski definition) is 3. The largest absolute Gasteiger partial charge is 0.390 e. The van der Waals surface area contributed by atoms with E-state index >= 15 is 0 Å². The van der Waals surface area contributed by atoms with Gasteiger partial charge in [-0.05, 0) is 19.3 Å². The van der Waals surface area contributed by atoms with Crippen molar-refractivity contribution in [1.82, 2.24) is 19.1 Å². The van der Waals surface area contributed by atoms with Gasteiger partial charge in [0, 0.05) is 20.5 Å². The average Bonchev–Trinajstić information content (AvgIpc) is 3.12. The maximum Gasteiger partial charge on any atom is 0.329 e. The van der Waals surface area contributed by atoms with Crippen LogP contribution in [-0.4, -0.2) is 41.5 Å². The zero-order chi connectivity index (χ0) is 24.2. The van der Waals surface area contributed by atoms with Gasteiger partial charge >= 0.3 is 5.69 Å². The predicted octanol–water partition coefficient (Wildman–Crippen LogP) is 3.71. The van der Waals surface area contributed by atoms with Crippen LogP contribution in [0, 0.1) is 0 Å². The third kappa shape index (κ3) is 8.41. The van der Waals surface area contributed by atoms with Crippen molar-refractivity contribution in [3.8, 4) is 0 Å². The molecule has 0 aliphatic carbocycles. The van der Waals surface area contributed by atoms with Gasteiger partial charge in [0.05, 0.1) is 12.2 Å². The molecule has 8 nitrogen and oxygen atoms in total. The van der Waals surface area contributed by atoms with Crippen molar-refractivity contribution in [3.63, 3.8) is 0 Å². The van der Waals surface area contributed by atoms with Crippen LogP contribution in [0.3, 0.4) is 0 Å². The van der Waals surface area contributed by atoms with Gasteiger partial charge in [-0.15, -0.1) is 0 Å². The van der Waals surface area contributed by atoms with Crippen LogP contribution in [0.25, 0.3) is 11.2 Å². The summed E-state index contributed by atoms with van der Waals surface area (Å²) in [5, 5.41) is 20.3. The lowest BCUT2D eigenvalue weighted by atomic mass is 9.99. The number of aryl methyl sites for hydroxylation is 3. The molecule has 0 saturated heterocycles. The number of aliphatic hydroxyl groups is 2.